The zero-order valence-electron chi connectivity index (χ0n) is 37.6. The zero-order valence-corrected chi connectivity index (χ0v) is 37.6. The van der Waals surface area contributed by atoms with Crippen molar-refractivity contribution >= 4 is 23.8 Å². The molecule has 16 heteroatoms. The third kappa shape index (κ3) is 42.9. The molecule has 0 bridgehead atoms. The highest BCUT2D eigenvalue weighted by Gasteiger charge is 2.27. The van der Waals surface area contributed by atoms with Gasteiger partial charge in [-0.25, -0.2) is 4.79 Å². The molecule has 0 rings (SSSR count). The van der Waals surface area contributed by atoms with Crippen LogP contribution in [-0.2, 0) is 52.3 Å². The lowest BCUT2D eigenvalue weighted by Crippen LogP contribution is -2.44. The van der Waals surface area contributed by atoms with E-state index in [0.717, 1.165) is 38.5 Å². The highest BCUT2D eigenvalue weighted by Crippen LogP contribution is 2.16. The van der Waals surface area contributed by atoms with Crippen molar-refractivity contribution in [3.05, 3.63) is 10.4 Å². The summed E-state index contributed by atoms with van der Waals surface area (Å²) in [6, 6.07) is -0.900. The average Bonchev–Trinajstić information content (AvgIpc) is 3.15. The molecule has 59 heavy (non-hydrogen) atoms. The average molecular weight is 844 g/mol. The Morgan fingerprint density at radius 2 is 0.932 bits per heavy atom. The van der Waals surface area contributed by atoms with Gasteiger partial charge in [-0.2, -0.15) is 0 Å². The lowest BCUT2D eigenvalue weighted by atomic mass is 10.0. The number of carbonyl (C=O) groups is 4. The molecule has 344 valence electrons. The van der Waals surface area contributed by atoms with Gasteiger partial charge in [0.1, 0.15) is 17.2 Å². The van der Waals surface area contributed by atoms with Crippen LogP contribution in [0.5, 0.6) is 0 Å². The summed E-state index contributed by atoms with van der Waals surface area (Å²) < 4.78 is 37.9. The second-order valence-corrected chi connectivity index (χ2v) is 16.6. The van der Waals surface area contributed by atoms with E-state index in [1.807, 2.05) is 20.8 Å². The van der Waals surface area contributed by atoms with E-state index < -0.39 is 23.2 Å². The fourth-order valence-corrected chi connectivity index (χ4v) is 5.72. The maximum absolute atomic E-state index is 12.9. The molecular formula is C43H81N5O11. The van der Waals surface area contributed by atoms with Gasteiger partial charge in [0, 0.05) is 37.3 Å². The van der Waals surface area contributed by atoms with Crippen molar-refractivity contribution in [2.24, 2.45) is 5.11 Å². The van der Waals surface area contributed by atoms with E-state index in [4.69, 9.17) is 38.7 Å². The van der Waals surface area contributed by atoms with E-state index in [2.05, 4.69) is 20.7 Å². The standard InChI is InChI=1S/C43H81N5O11/c1-42(2,3)58-40(51)22-20-18-16-14-12-10-8-7-9-11-13-15-17-19-21-39(50)47-37(41(52)59-43(4,5)6)23-24-38(49)45-25-27-53-29-31-55-33-35-57-36-34-56-32-30-54-28-26-46-48-44/h37H,7-36H2,1-6H3,(H,45,49)(H,47,50)/t37-/m0/s1. The van der Waals surface area contributed by atoms with Crippen LogP contribution < -0.4 is 10.6 Å². The van der Waals surface area contributed by atoms with Gasteiger partial charge in [0.15, 0.2) is 0 Å². The molecule has 0 radical (unpaired) electrons. The van der Waals surface area contributed by atoms with E-state index in [-0.39, 0.29) is 30.6 Å². The number of nitrogens with zero attached hydrogens (tertiary/aromatic N) is 3. The summed E-state index contributed by atoms with van der Waals surface area (Å²) >= 11 is 0. The van der Waals surface area contributed by atoms with Gasteiger partial charge in [0.25, 0.3) is 0 Å². The highest BCUT2D eigenvalue weighted by molar-refractivity contribution is 5.85. The van der Waals surface area contributed by atoms with Crippen molar-refractivity contribution in [3.63, 3.8) is 0 Å². The molecule has 0 saturated carbocycles. The summed E-state index contributed by atoms with van der Waals surface area (Å²) in [7, 11) is 0. The van der Waals surface area contributed by atoms with Gasteiger partial charge in [-0.1, -0.05) is 82.2 Å². The van der Waals surface area contributed by atoms with Crippen LogP contribution in [0.3, 0.4) is 0 Å². The molecule has 0 aliphatic heterocycles. The molecule has 16 nitrogen and oxygen atoms in total. The lowest BCUT2D eigenvalue weighted by molar-refractivity contribution is -0.159. The van der Waals surface area contributed by atoms with Crippen LogP contribution in [0.1, 0.15) is 157 Å². The first-order chi connectivity index (χ1) is 28.2. The van der Waals surface area contributed by atoms with Crippen LogP contribution in [0.15, 0.2) is 5.11 Å². The number of hydrogen-bond acceptors (Lipinski definition) is 12. The number of rotatable bonds is 40. The molecular weight excluding hydrogens is 762 g/mol. The van der Waals surface area contributed by atoms with E-state index in [9.17, 15) is 19.2 Å². The zero-order chi connectivity index (χ0) is 43.9. The molecule has 2 amide bonds. The number of amides is 2. The second-order valence-electron chi connectivity index (χ2n) is 16.6. The van der Waals surface area contributed by atoms with Crippen LogP contribution in [0.25, 0.3) is 10.4 Å². The fraction of sp³-hybridized carbons (Fsp3) is 0.907. The smallest absolute Gasteiger partial charge is 0.329 e. The molecule has 0 aromatic heterocycles. The summed E-state index contributed by atoms with van der Waals surface area (Å²) in [6.45, 7) is 15.7. The van der Waals surface area contributed by atoms with Gasteiger partial charge in [0.2, 0.25) is 11.8 Å². The first kappa shape index (κ1) is 56.0. The molecule has 0 aromatic rings. The number of hydrogen-bond donors (Lipinski definition) is 2. The third-order valence-electron chi connectivity index (χ3n) is 8.60. The van der Waals surface area contributed by atoms with Crippen molar-refractivity contribution in [1.29, 1.82) is 0 Å². The number of azide groups is 1. The van der Waals surface area contributed by atoms with E-state index >= 15 is 0 Å². The van der Waals surface area contributed by atoms with Crippen molar-refractivity contribution in [2.75, 3.05) is 79.2 Å². The van der Waals surface area contributed by atoms with Gasteiger partial charge in [0.05, 0.1) is 66.1 Å². The lowest BCUT2D eigenvalue weighted by Gasteiger charge is -2.24. The molecule has 0 fully saturated rings. The van der Waals surface area contributed by atoms with Gasteiger partial charge < -0.3 is 43.8 Å². The molecule has 0 aliphatic rings. The summed E-state index contributed by atoms with van der Waals surface area (Å²) in [4.78, 5) is 52.5. The molecule has 1 atom stereocenters. The molecule has 0 aromatic carbocycles. The summed E-state index contributed by atoms with van der Waals surface area (Å²) in [5.74, 6) is -1.09. The monoisotopic (exact) mass is 844 g/mol. The summed E-state index contributed by atoms with van der Waals surface area (Å²) in [6.07, 6.45) is 16.9. The predicted octanol–water partition coefficient (Wildman–Crippen LogP) is 7.69. The molecule has 0 heterocycles. The second kappa shape index (κ2) is 38.0. The van der Waals surface area contributed by atoms with Crippen LogP contribution in [0.4, 0.5) is 0 Å². The number of nitrogens with one attached hydrogen (secondary N) is 2. The van der Waals surface area contributed by atoms with E-state index in [1.165, 1.54) is 51.4 Å². The van der Waals surface area contributed by atoms with Gasteiger partial charge in [-0.05, 0) is 66.3 Å². The minimum atomic E-state index is -0.900. The van der Waals surface area contributed by atoms with Crippen molar-refractivity contribution in [3.8, 4) is 0 Å². The quantitative estimate of drug-likeness (QED) is 0.0201. The van der Waals surface area contributed by atoms with E-state index in [0.29, 0.717) is 92.0 Å². The molecule has 0 aliphatic carbocycles. The van der Waals surface area contributed by atoms with Crippen LogP contribution in [0.2, 0.25) is 0 Å². The minimum absolute atomic E-state index is 0.0579. The largest absolute Gasteiger partial charge is 0.460 e. The maximum Gasteiger partial charge on any atom is 0.329 e. The number of ether oxygens (including phenoxy) is 7. The predicted molar refractivity (Wildman–Crippen MR) is 228 cm³/mol. The number of carbonyl (C=O) groups excluding carboxylic acids is 4. The Hall–Kier alpha value is -3.01. The Morgan fingerprint density at radius 1 is 0.525 bits per heavy atom. The minimum Gasteiger partial charge on any atom is -0.460 e. The molecule has 0 saturated heterocycles. The molecule has 0 spiro atoms. The first-order valence-corrected chi connectivity index (χ1v) is 22.1. The van der Waals surface area contributed by atoms with Gasteiger partial charge in [-0.3, -0.25) is 14.4 Å². The Labute approximate surface area is 355 Å². The van der Waals surface area contributed by atoms with Crippen molar-refractivity contribution in [2.45, 2.75) is 174 Å². The summed E-state index contributed by atoms with van der Waals surface area (Å²) in [5.41, 5.74) is 7.06. The number of esters is 2. The van der Waals surface area contributed by atoms with Gasteiger partial charge in [-0.15, -0.1) is 0 Å². The van der Waals surface area contributed by atoms with Gasteiger partial charge >= 0.3 is 11.9 Å². The van der Waals surface area contributed by atoms with Crippen molar-refractivity contribution in [1.82, 2.24) is 10.6 Å². The fourth-order valence-electron chi connectivity index (χ4n) is 5.72. The highest BCUT2D eigenvalue weighted by atomic mass is 16.6. The Kier molecular flexibility index (Phi) is 36.0. The Balaban J connectivity index is 3.92. The normalized spacial score (nSPS) is 12.1. The maximum atomic E-state index is 12.9. The van der Waals surface area contributed by atoms with Crippen molar-refractivity contribution < 1.29 is 52.3 Å². The van der Waals surface area contributed by atoms with E-state index in [1.54, 1.807) is 20.8 Å². The topological polar surface area (TPSA) is 206 Å². The Bertz CT molecular complexity index is 1120. The Morgan fingerprint density at radius 3 is 1.37 bits per heavy atom. The van der Waals surface area contributed by atoms with Crippen LogP contribution >= 0.6 is 0 Å². The van der Waals surface area contributed by atoms with Crippen LogP contribution in [-0.4, -0.2) is 120 Å². The number of unbranched alkanes of at least 4 members (excludes halogenated alkanes) is 13. The molecule has 2 N–H and O–H groups in total. The van der Waals surface area contributed by atoms with Crippen LogP contribution in [0, 0.1) is 0 Å². The first-order valence-electron chi connectivity index (χ1n) is 22.1. The SMILES string of the molecule is CC(C)(C)OC(=O)CCCCCCCCCCCCCCCCC(=O)N[C@@H](CCC(=O)NCCOCCOCCOCCOCCOCCN=[N+]=[N-])C(=O)OC(C)(C)C. The molecule has 0 unspecified atom stereocenters. The summed E-state index contributed by atoms with van der Waals surface area (Å²) in [5, 5.41) is 8.97. The third-order valence-corrected chi connectivity index (χ3v) is 8.60.